The lowest BCUT2D eigenvalue weighted by atomic mass is 10.3. The van der Waals surface area contributed by atoms with Gasteiger partial charge in [0, 0.05) is 19.0 Å². The van der Waals surface area contributed by atoms with Crippen molar-refractivity contribution in [2.75, 3.05) is 18.5 Å². The topological polar surface area (TPSA) is 36.4 Å². The summed E-state index contributed by atoms with van der Waals surface area (Å²) in [6.07, 6.45) is 1.54. The molecular formula is C10H18N2OS. The van der Waals surface area contributed by atoms with Crippen LogP contribution in [0.3, 0.4) is 0 Å². The summed E-state index contributed by atoms with van der Waals surface area (Å²) >= 11 is 1.67. The first kappa shape index (κ1) is 11.5. The number of aliphatic hydroxyl groups excluding tert-OH is 1. The summed E-state index contributed by atoms with van der Waals surface area (Å²) in [5, 5.41) is 12.3. The van der Waals surface area contributed by atoms with Gasteiger partial charge in [-0.3, -0.25) is 0 Å². The molecular weight excluding hydrogens is 196 g/mol. The van der Waals surface area contributed by atoms with Gasteiger partial charge in [0.15, 0.2) is 5.13 Å². The van der Waals surface area contributed by atoms with E-state index in [-0.39, 0.29) is 6.10 Å². The molecule has 80 valence electrons. The minimum Gasteiger partial charge on any atom is -0.393 e. The quantitative estimate of drug-likeness (QED) is 0.813. The number of nitrogens with zero attached hydrogens (tertiary/aromatic N) is 2. The van der Waals surface area contributed by atoms with Crippen molar-refractivity contribution in [1.82, 2.24) is 4.98 Å². The third kappa shape index (κ3) is 3.27. The van der Waals surface area contributed by atoms with E-state index in [2.05, 4.69) is 22.2 Å². The highest BCUT2D eigenvalue weighted by molar-refractivity contribution is 7.13. The molecule has 1 aromatic rings. The van der Waals surface area contributed by atoms with Gasteiger partial charge >= 0.3 is 0 Å². The summed E-state index contributed by atoms with van der Waals surface area (Å²) in [5.41, 5.74) is 1.15. The van der Waals surface area contributed by atoms with Gasteiger partial charge in [-0.2, -0.15) is 0 Å². The molecule has 1 atom stereocenters. The molecule has 0 radical (unpaired) electrons. The SMILES string of the molecule is CCc1csc(N(C)CCC(C)O)n1. The first-order chi connectivity index (χ1) is 6.63. The van der Waals surface area contributed by atoms with Gasteiger partial charge in [-0.15, -0.1) is 11.3 Å². The predicted octanol–water partition coefficient (Wildman–Crippen LogP) is 1.91. The Labute approximate surface area is 89.4 Å². The van der Waals surface area contributed by atoms with E-state index in [0.717, 1.165) is 30.2 Å². The molecule has 0 aliphatic carbocycles. The van der Waals surface area contributed by atoms with Crippen LogP contribution in [0.25, 0.3) is 0 Å². The third-order valence-electron chi connectivity index (χ3n) is 2.11. The Morgan fingerprint density at radius 2 is 2.36 bits per heavy atom. The lowest BCUT2D eigenvalue weighted by Crippen LogP contribution is -2.21. The molecule has 0 aromatic carbocycles. The third-order valence-corrected chi connectivity index (χ3v) is 3.11. The summed E-state index contributed by atoms with van der Waals surface area (Å²) in [4.78, 5) is 6.56. The van der Waals surface area contributed by atoms with Crippen LogP contribution in [0.5, 0.6) is 0 Å². The molecule has 14 heavy (non-hydrogen) atoms. The molecule has 0 bridgehead atoms. The molecule has 3 nitrogen and oxygen atoms in total. The molecule has 0 aliphatic heterocycles. The van der Waals surface area contributed by atoms with Gasteiger partial charge in [0.1, 0.15) is 0 Å². The van der Waals surface area contributed by atoms with Crippen LogP contribution >= 0.6 is 11.3 Å². The number of hydrogen-bond donors (Lipinski definition) is 1. The molecule has 0 fully saturated rings. The van der Waals surface area contributed by atoms with Crippen molar-refractivity contribution in [3.05, 3.63) is 11.1 Å². The van der Waals surface area contributed by atoms with Crippen LogP contribution in [0.15, 0.2) is 5.38 Å². The minimum absolute atomic E-state index is 0.233. The lowest BCUT2D eigenvalue weighted by Gasteiger charge is -2.16. The van der Waals surface area contributed by atoms with Crippen molar-refractivity contribution in [1.29, 1.82) is 0 Å². The van der Waals surface area contributed by atoms with E-state index in [4.69, 9.17) is 5.11 Å². The Balaban J connectivity index is 2.47. The average molecular weight is 214 g/mol. The maximum Gasteiger partial charge on any atom is 0.185 e. The van der Waals surface area contributed by atoms with Crippen LogP contribution in [0.4, 0.5) is 5.13 Å². The zero-order valence-corrected chi connectivity index (χ0v) is 9.84. The van der Waals surface area contributed by atoms with Gasteiger partial charge in [-0.05, 0) is 19.8 Å². The van der Waals surface area contributed by atoms with Crippen molar-refractivity contribution in [3.8, 4) is 0 Å². The number of aromatic nitrogens is 1. The molecule has 0 spiro atoms. The highest BCUT2D eigenvalue weighted by Gasteiger charge is 2.06. The van der Waals surface area contributed by atoms with E-state index in [1.807, 2.05) is 14.0 Å². The van der Waals surface area contributed by atoms with E-state index in [1.54, 1.807) is 11.3 Å². The smallest absolute Gasteiger partial charge is 0.185 e. The standard InChI is InChI=1S/C10H18N2OS/c1-4-9-7-14-10(11-9)12(3)6-5-8(2)13/h7-8,13H,4-6H2,1-3H3. The molecule has 1 heterocycles. The molecule has 1 aromatic heterocycles. The zero-order valence-electron chi connectivity index (χ0n) is 9.03. The number of aliphatic hydroxyl groups is 1. The van der Waals surface area contributed by atoms with Crippen LogP contribution in [-0.4, -0.2) is 29.8 Å². The fraction of sp³-hybridized carbons (Fsp3) is 0.700. The lowest BCUT2D eigenvalue weighted by molar-refractivity contribution is 0.187. The van der Waals surface area contributed by atoms with E-state index >= 15 is 0 Å². The van der Waals surface area contributed by atoms with Gasteiger partial charge in [0.25, 0.3) is 0 Å². The van der Waals surface area contributed by atoms with E-state index < -0.39 is 0 Å². The van der Waals surface area contributed by atoms with E-state index in [0.29, 0.717) is 0 Å². The molecule has 0 saturated heterocycles. The molecule has 4 heteroatoms. The fourth-order valence-corrected chi connectivity index (χ4v) is 2.01. The Kier molecular flexibility index (Phi) is 4.35. The minimum atomic E-state index is -0.233. The first-order valence-corrected chi connectivity index (χ1v) is 5.85. The summed E-state index contributed by atoms with van der Waals surface area (Å²) in [6, 6.07) is 0. The Bertz CT molecular complexity index is 273. The number of rotatable bonds is 5. The number of aryl methyl sites for hydroxylation is 1. The van der Waals surface area contributed by atoms with Gasteiger partial charge in [-0.25, -0.2) is 4.98 Å². The van der Waals surface area contributed by atoms with Crippen molar-refractivity contribution in [2.45, 2.75) is 32.8 Å². The first-order valence-electron chi connectivity index (χ1n) is 4.97. The number of hydrogen-bond acceptors (Lipinski definition) is 4. The maximum atomic E-state index is 9.16. The monoisotopic (exact) mass is 214 g/mol. The van der Waals surface area contributed by atoms with Crippen LogP contribution in [0.2, 0.25) is 0 Å². The second kappa shape index (κ2) is 5.32. The van der Waals surface area contributed by atoms with E-state index in [9.17, 15) is 0 Å². The Morgan fingerprint density at radius 3 is 2.86 bits per heavy atom. The van der Waals surface area contributed by atoms with Crippen molar-refractivity contribution >= 4 is 16.5 Å². The maximum absolute atomic E-state index is 9.16. The summed E-state index contributed by atoms with van der Waals surface area (Å²) in [5.74, 6) is 0. The Hall–Kier alpha value is -0.610. The number of anilines is 1. The molecule has 1 rings (SSSR count). The van der Waals surface area contributed by atoms with E-state index in [1.165, 1.54) is 0 Å². The van der Waals surface area contributed by atoms with Crippen LogP contribution in [-0.2, 0) is 6.42 Å². The predicted molar refractivity (Wildman–Crippen MR) is 61.1 cm³/mol. The Morgan fingerprint density at radius 1 is 1.64 bits per heavy atom. The zero-order chi connectivity index (χ0) is 10.6. The number of thiazole rings is 1. The molecule has 0 aliphatic rings. The molecule has 1 unspecified atom stereocenters. The van der Waals surface area contributed by atoms with Crippen molar-refractivity contribution in [2.24, 2.45) is 0 Å². The largest absolute Gasteiger partial charge is 0.393 e. The molecule has 0 amide bonds. The molecule has 0 saturated carbocycles. The highest BCUT2D eigenvalue weighted by atomic mass is 32.1. The average Bonchev–Trinajstić information content (AvgIpc) is 2.62. The normalized spacial score (nSPS) is 12.9. The summed E-state index contributed by atoms with van der Waals surface area (Å²) < 4.78 is 0. The van der Waals surface area contributed by atoms with Crippen LogP contribution in [0, 0.1) is 0 Å². The van der Waals surface area contributed by atoms with Crippen LogP contribution in [0.1, 0.15) is 26.0 Å². The summed E-state index contributed by atoms with van der Waals surface area (Å²) in [7, 11) is 2.01. The van der Waals surface area contributed by atoms with Crippen molar-refractivity contribution in [3.63, 3.8) is 0 Å². The highest BCUT2D eigenvalue weighted by Crippen LogP contribution is 2.19. The second-order valence-electron chi connectivity index (χ2n) is 3.53. The van der Waals surface area contributed by atoms with Crippen molar-refractivity contribution < 1.29 is 5.11 Å². The van der Waals surface area contributed by atoms with Crippen LogP contribution < -0.4 is 4.90 Å². The van der Waals surface area contributed by atoms with Gasteiger partial charge in [0.2, 0.25) is 0 Å². The molecule has 1 N–H and O–H groups in total. The van der Waals surface area contributed by atoms with Gasteiger partial charge < -0.3 is 10.0 Å². The van der Waals surface area contributed by atoms with Gasteiger partial charge in [0.05, 0.1) is 11.8 Å². The van der Waals surface area contributed by atoms with Gasteiger partial charge in [-0.1, -0.05) is 6.92 Å². The fourth-order valence-electron chi connectivity index (χ4n) is 1.11. The summed E-state index contributed by atoms with van der Waals surface area (Å²) in [6.45, 7) is 4.77. The second-order valence-corrected chi connectivity index (χ2v) is 4.37.